The molecule has 3 aliphatic carbocycles. The number of anilines is 1. The van der Waals surface area contributed by atoms with Gasteiger partial charge in [-0.2, -0.15) is 0 Å². The van der Waals surface area contributed by atoms with Gasteiger partial charge in [0.2, 0.25) is 5.91 Å². The summed E-state index contributed by atoms with van der Waals surface area (Å²) in [6, 6.07) is 4.50. The zero-order valence-corrected chi connectivity index (χ0v) is 34.4. The Kier molecular flexibility index (Phi) is 10.9. The van der Waals surface area contributed by atoms with Gasteiger partial charge in [0, 0.05) is 35.7 Å². The number of ketones is 1. The second kappa shape index (κ2) is 15.3. The number of hydrogen-bond acceptors (Lipinski definition) is 11. The summed E-state index contributed by atoms with van der Waals surface area (Å²) in [4.78, 5) is 66.0. The average Bonchev–Trinajstić information content (AvgIpc) is 3.80. The average molecular weight is 807 g/mol. The van der Waals surface area contributed by atoms with Crippen molar-refractivity contribution in [2.75, 3.05) is 19.0 Å². The van der Waals surface area contributed by atoms with Crippen molar-refractivity contribution in [1.29, 1.82) is 0 Å². The molecule has 3 heterocycles. The lowest BCUT2D eigenvalue weighted by molar-refractivity contribution is -0.157. The molecule has 56 heavy (non-hydrogen) atoms. The Labute approximate surface area is 336 Å². The summed E-state index contributed by atoms with van der Waals surface area (Å²) >= 11 is 8.27. The van der Waals surface area contributed by atoms with Crippen LogP contribution < -0.4 is 14.8 Å². The van der Waals surface area contributed by atoms with Crippen LogP contribution in [0.4, 0.5) is 5.13 Å². The molecule has 7 rings (SSSR count). The summed E-state index contributed by atoms with van der Waals surface area (Å²) in [5.41, 5.74) is -0.370. The van der Waals surface area contributed by atoms with Crippen molar-refractivity contribution in [2.24, 2.45) is 34.5 Å². The van der Waals surface area contributed by atoms with Crippen LogP contribution >= 0.6 is 22.9 Å². The van der Waals surface area contributed by atoms with E-state index in [1.165, 1.54) is 29.8 Å². The number of benzene rings is 1. The third-order valence-electron chi connectivity index (χ3n) is 12.0. The summed E-state index contributed by atoms with van der Waals surface area (Å²) in [5, 5.41) is 17.0. The zero-order valence-electron chi connectivity index (χ0n) is 32.8. The number of hydrogen-bond donors (Lipinski definition) is 2. The number of nitrogens with one attached hydrogen (secondary N) is 1. The number of aliphatic carboxylic acids is 1. The van der Waals surface area contributed by atoms with Crippen LogP contribution in [0.2, 0.25) is 5.02 Å². The van der Waals surface area contributed by atoms with Crippen LogP contribution in [-0.2, 0) is 23.9 Å². The Balaban J connectivity index is 1.20. The maximum Gasteiger partial charge on any atom is 0.310 e. The molecule has 12 nitrogen and oxygen atoms in total. The van der Waals surface area contributed by atoms with Crippen LogP contribution in [-0.4, -0.2) is 81.5 Å². The predicted molar refractivity (Wildman–Crippen MR) is 214 cm³/mol. The number of carbonyl (C=O) groups excluding carboxylic acids is 3. The van der Waals surface area contributed by atoms with Gasteiger partial charge in [-0.3, -0.25) is 19.2 Å². The summed E-state index contributed by atoms with van der Waals surface area (Å²) in [5.74, 6) is -1.23. The van der Waals surface area contributed by atoms with Crippen LogP contribution in [0.1, 0.15) is 79.6 Å². The molecular formula is C42H51ClN4O8S. The number of amides is 1. The minimum absolute atomic E-state index is 0.0377. The fraction of sp³-hybridized carbons (Fsp3) is 0.571. The number of likely N-dealkylation sites (tertiary alicyclic amines) is 1. The van der Waals surface area contributed by atoms with E-state index in [-0.39, 0.29) is 55.6 Å². The van der Waals surface area contributed by atoms with Gasteiger partial charge in [0.25, 0.3) is 0 Å². The van der Waals surface area contributed by atoms with Crippen LogP contribution in [0, 0.1) is 34.5 Å². The fourth-order valence-electron chi connectivity index (χ4n) is 8.63. The molecular weight excluding hydrogens is 756 g/mol. The Morgan fingerprint density at radius 2 is 1.82 bits per heavy atom. The number of esters is 1. The maximum absolute atomic E-state index is 14.7. The van der Waals surface area contributed by atoms with Crippen molar-refractivity contribution in [3.05, 3.63) is 41.3 Å². The Hall–Kier alpha value is -4.23. The molecule has 300 valence electrons. The van der Waals surface area contributed by atoms with Crippen molar-refractivity contribution < 1.29 is 38.5 Å². The number of methoxy groups -OCH3 is 1. The molecule has 1 saturated heterocycles. The van der Waals surface area contributed by atoms with Gasteiger partial charge >= 0.3 is 11.9 Å². The van der Waals surface area contributed by atoms with E-state index in [1.807, 2.05) is 40.0 Å². The number of carboxylic acids is 1. The summed E-state index contributed by atoms with van der Waals surface area (Å²) in [7, 11) is 1.52. The largest absolute Gasteiger partial charge is 0.495 e. The van der Waals surface area contributed by atoms with Gasteiger partial charge in [0.05, 0.1) is 48.7 Å². The van der Waals surface area contributed by atoms with E-state index >= 15 is 0 Å². The lowest BCUT2D eigenvalue weighted by Gasteiger charge is -2.35. The number of fused-ring (bicyclic) bond motifs is 2. The number of ether oxygens (including phenoxy) is 3. The highest BCUT2D eigenvalue weighted by molar-refractivity contribution is 7.14. The lowest BCUT2D eigenvalue weighted by Crippen LogP contribution is -2.48. The molecule has 8 atom stereocenters. The van der Waals surface area contributed by atoms with E-state index in [0.29, 0.717) is 57.1 Å². The van der Waals surface area contributed by atoms with Crippen LogP contribution in [0.5, 0.6) is 11.5 Å². The number of rotatable bonds is 15. The van der Waals surface area contributed by atoms with Gasteiger partial charge < -0.3 is 29.5 Å². The van der Waals surface area contributed by atoms with E-state index in [9.17, 15) is 24.3 Å². The number of halogens is 1. The van der Waals surface area contributed by atoms with Crippen molar-refractivity contribution in [3.8, 4) is 22.9 Å². The van der Waals surface area contributed by atoms with Gasteiger partial charge in [0.1, 0.15) is 34.4 Å². The van der Waals surface area contributed by atoms with Crippen LogP contribution in [0.15, 0.2) is 36.2 Å². The number of Topliss-reactive ketones (excluding diaryl/α,β-unsaturated/α-hetero) is 1. The first-order valence-corrected chi connectivity index (χ1v) is 20.7. The molecule has 1 aliphatic heterocycles. The Morgan fingerprint density at radius 1 is 1.09 bits per heavy atom. The molecule has 0 spiro atoms. The second-order valence-corrected chi connectivity index (χ2v) is 18.7. The molecule has 4 fully saturated rings. The molecule has 1 unspecified atom stereocenters. The van der Waals surface area contributed by atoms with Crippen LogP contribution in [0.3, 0.4) is 0 Å². The standard InChI is InChI=1S/C42H51ClN4O8S/c1-8-24-17-42(24,39(51)52)18-32(48)31-14-26(19-47(31)38(50)28(41(4,5)6)15-35(49)55-25-12-22-11-23(22)13-25)54-34-16-29(30-20-56-40(46-30)44-21(2)3)45-37-27(34)9-10-33(53-7)36(37)43/h8-10,16,20-26,28,31H,1,11-15,17-19H2,2-7H3,(H,44,46)(H,51,52)/t22-,23+,24-,25?,26-,28-,31+,42-/m1/s1. The molecule has 1 aromatic carbocycles. The molecule has 2 aromatic heterocycles. The number of carbonyl (C=O) groups is 4. The number of aromatic nitrogens is 2. The van der Waals surface area contributed by atoms with Gasteiger partial charge in [-0.25, -0.2) is 9.97 Å². The first-order chi connectivity index (χ1) is 26.5. The van der Waals surface area contributed by atoms with E-state index in [1.54, 1.807) is 24.3 Å². The van der Waals surface area contributed by atoms with E-state index in [2.05, 4.69) is 11.9 Å². The van der Waals surface area contributed by atoms with Crippen molar-refractivity contribution in [3.63, 3.8) is 0 Å². The molecule has 2 N–H and O–H groups in total. The van der Waals surface area contributed by atoms with Gasteiger partial charge in [-0.05, 0) is 74.8 Å². The normalized spacial score (nSPS) is 27.1. The number of nitrogens with zero attached hydrogens (tertiary/aromatic N) is 3. The molecule has 3 aromatic rings. The number of carboxylic acid groups (broad SMARTS) is 1. The monoisotopic (exact) mass is 806 g/mol. The summed E-state index contributed by atoms with van der Waals surface area (Å²) in [6.45, 7) is 13.6. The van der Waals surface area contributed by atoms with Crippen molar-refractivity contribution in [1.82, 2.24) is 14.9 Å². The fourth-order valence-corrected chi connectivity index (χ4v) is 9.76. The highest BCUT2D eigenvalue weighted by atomic mass is 35.5. The molecule has 0 bridgehead atoms. The number of allylic oxidation sites excluding steroid dienone is 1. The van der Waals surface area contributed by atoms with Gasteiger partial charge in [-0.15, -0.1) is 17.9 Å². The minimum Gasteiger partial charge on any atom is -0.495 e. The topological polar surface area (TPSA) is 157 Å². The van der Waals surface area contributed by atoms with Crippen LogP contribution in [0.25, 0.3) is 22.3 Å². The highest BCUT2D eigenvalue weighted by Gasteiger charge is 2.61. The van der Waals surface area contributed by atoms with E-state index in [0.717, 1.165) is 18.0 Å². The molecule has 14 heteroatoms. The van der Waals surface area contributed by atoms with E-state index < -0.39 is 40.8 Å². The molecule has 3 saturated carbocycles. The summed E-state index contributed by atoms with van der Waals surface area (Å²) < 4.78 is 18.1. The first kappa shape index (κ1) is 40.0. The third-order valence-corrected chi connectivity index (χ3v) is 13.1. The lowest BCUT2D eigenvalue weighted by atomic mass is 9.77. The third kappa shape index (κ3) is 7.98. The Morgan fingerprint density at radius 3 is 2.45 bits per heavy atom. The second-order valence-electron chi connectivity index (χ2n) is 17.4. The smallest absolute Gasteiger partial charge is 0.310 e. The number of pyridine rings is 1. The quantitative estimate of drug-likeness (QED) is 0.114. The summed E-state index contributed by atoms with van der Waals surface area (Å²) in [6.07, 6.45) is 3.75. The first-order valence-electron chi connectivity index (χ1n) is 19.5. The minimum atomic E-state index is -1.26. The number of thiazole rings is 1. The van der Waals surface area contributed by atoms with Crippen molar-refractivity contribution in [2.45, 2.75) is 104 Å². The predicted octanol–water partition coefficient (Wildman–Crippen LogP) is 7.82. The van der Waals surface area contributed by atoms with Crippen molar-refractivity contribution >= 4 is 62.6 Å². The maximum atomic E-state index is 14.7. The molecule has 0 radical (unpaired) electrons. The van der Waals surface area contributed by atoms with Gasteiger partial charge in [-0.1, -0.05) is 38.4 Å². The SMILES string of the molecule is C=C[C@@H]1C[C@]1(CC(=O)[C@@H]1C[C@@H](Oc2cc(-c3csc(NC(C)C)n3)nc3c(Cl)c(OC)ccc23)CN1C(=O)[C@@H](CC(=O)OC1C[C@@H]2C[C@@H]2C1)C(C)(C)C)C(=O)O. The van der Waals surface area contributed by atoms with E-state index in [4.69, 9.17) is 35.8 Å². The molecule has 1 amide bonds. The molecule has 4 aliphatic rings. The highest BCUT2D eigenvalue weighted by Crippen LogP contribution is 2.57. The Bertz CT molecular complexity index is 2050. The zero-order chi connectivity index (χ0) is 40.3. The van der Waals surface area contributed by atoms with Gasteiger partial charge in [0.15, 0.2) is 10.9 Å².